The van der Waals surface area contributed by atoms with Crippen LogP contribution in [-0.2, 0) is 13.1 Å². The number of aryl methyl sites for hydroxylation is 4. The Bertz CT molecular complexity index is 1270. The van der Waals surface area contributed by atoms with Gasteiger partial charge in [0.25, 0.3) is 5.91 Å². The molecule has 0 saturated carbocycles. The van der Waals surface area contributed by atoms with Crippen molar-refractivity contribution in [2.45, 2.75) is 40.8 Å². The van der Waals surface area contributed by atoms with Crippen molar-refractivity contribution in [3.8, 4) is 0 Å². The number of nitrogens with zero attached hydrogens (tertiary/aromatic N) is 6. The summed E-state index contributed by atoms with van der Waals surface area (Å²) >= 11 is 1.07. The average molecular weight is 445 g/mol. The molecule has 0 fully saturated rings. The van der Waals surface area contributed by atoms with Gasteiger partial charge < -0.3 is 0 Å². The first-order valence-electron chi connectivity index (χ1n) is 9.89. The standard InChI is InChI=1S/C21H22F2N6OS/c1-5-28-14(4)9-17(26-28)20(30)27(6-7-29-13(3)8-12(2)25-29)21-24-19-16(23)10-15(22)11-18(19)31-21/h8-11H,5-7H2,1-4H3. The van der Waals surface area contributed by atoms with Crippen LogP contribution < -0.4 is 4.90 Å². The fourth-order valence-corrected chi connectivity index (χ4v) is 4.54. The van der Waals surface area contributed by atoms with Gasteiger partial charge in [0.05, 0.1) is 16.9 Å². The van der Waals surface area contributed by atoms with E-state index in [0.29, 0.717) is 17.8 Å². The van der Waals surface area contributed by atoms with E-state index in [1.807, 2.05) is 33.8 Å². The van der Waals surface area contributed by atoms with Crippen LogP contribution in [0.1, 0.15) is 34.5 Å². The minimum absolute atomic E-state index is 0.0422. The van der Waals surface area contributed by atoms with Crippen molar-refractivity contribution < 1.29 is 13.6 Å². The van der Waals surface area contributed by atoms with Crippen molar-refractivity contribution >= 4 is 32.6 Å². The Morgan fingerprint density at radius 3 is 2.45 bits per heavy atom. The van der Waals surface area contributed by atoms with Gasteiger partial charge >= 0.3 is 0 Å². The summed E-state index contributed by atoms with van der Waals surface area (Å²) in [6.07, 6.45) is 0. The van der Waals surface area contributed by atoms with Gasteiger partial charge in [0.15, 0.2) is 16.6 Å². The molecule has 3 aromatic heterocycles. The number of rotatable bonds is 6. The Labute approximate surface area is 181 Å². The maximum Gasteiger partial charge on any atom is 0.280 e. The van der Waals surface area contributed by atoms with Crippen molar-refractivity contribution in [1.29, 1.82) is 0 Å². The Balaban J connectivity index is 1.73. The first kappa shape index (κ1) is 21.1. The zero-order chi connectivity index (χ0) is 22.3. The van der Waals surface area contributed by atoms with Crippen molar-refractivity contribution in [3.63, 3.8) is 0 Å². The molecule has 162 valence electrons. The van der Waals surface area contributed by atoms with Crippen LogP contribution in [0.15, 0.2) is 24.3 Å². The van der Waals surface area contributed by atoms with Crippen LogP contribution in [0, 0.1) is 32.4 Å². The third-order valence-corrected chi connectivity index (χ3v) is 6.04. The molecule has 4 rings (SSSR count). The third-order valence-electron chi connectivity index (χ3n) is 5.02. The topological polar surface area (TPSA) is 68.8 Å². The lowest BCUT2D eigenvalue weighted by atomic mass is 10.3. The van der Waals surface area contributed by atoms with Crippen molar-refractivity contribution in [2.75, 3.05) is 11.4 Å². The van der Waals surface area contributed by atoms with Gasteiger partial charge in [-0.15, -0.1) is 0 Å². The molecular weight excluding hydrogens is 422 g/mol. The molecule has 1 aromatic carbocycles. The van der Waals surface area contributed by atoms with Crippen LogP contribution in [0.3, 0.4) is 0 Å². The highest BCUT2D eigenvalue weighted by Gasteiger charge is 2.25. The number of carbonyl (C=O) groups is 1. The maximum absolute atomic E-state index is 14.2. The number of aromatic nitrogens is 5. The number of hydrogen-bond acceptors (Lipinski definition) is 5. The summed E-state index contributed by atoms with van der Waals surface area (Å²) in [6.45, 7) is 8.97. The van der Waals surface area contributed by atoms with Crippen LogP contribution in [0.25, 0.3) is 10.2 Å². The van der Waals surface area contributed by atoms with E-state index in [1.165, 1.54) is 11.0 Å². The summed E-state index contributed by atoms with van der Waals surface area (Å²) in [5, 5.41) is 9.11. The molecule has 0 aliphatic rings. The lowest BCUT2D eigenvalue weighted by Gasteiger charge is -2.19. The predicted molar refractivity (Wildman–Crippen MR) is 116 cm³/mol. The molecule has 0 aliphatic carbocycles. The molecule has 1 amide bonds. The first-order valence-corrected chi connectivity index (χ1v) is 10.7. The van der Waals surface area contributed by atoms with Gasteiger partial charge in [-0.25, -0.2) is 13.8 Å². The second-order valence-electron chi connectivity index (χ2n) is 7.32. The van der Waals surface area contributed by atoms with E-state index in [1.54, 1.807) is 15.4 Å². The molecule has 0 radical (unpaired) electrons. The molecule has 0 atom stereocenters. The number of fused-ring (bicyclic) bond motifs is 1. The summed E-state index contributed by atoms with van der Waals surface area (Å²) in [7, 11) is 0. The highest BCUT2D eigenvalue weighted by Crippen LogP contribution is 2.32. The van der Waals surface area contributed by atoms with E-state index in [0.717, 1.165) is 34.5 Å². The number of amides is 1. The first-order chi connectivity index (χ1) is 14.8. The van der Waals surface area contributed by atoms with E-state index in [2.05, 4.69) is 15.2 Å². The number of carbonyl (C=O) groups excluding carboxylic acids is 1. The van der Waals surface area contributed by atoms with Crippen molar-refractivity contribution in [3.05, 3.63) is 58.7 Å². The van der Waals surface area contributed by atoms with Crippen LogP contribution in [-0.4, -0.2) is 37.0 Å². The smallest absolute Gasteiger partial charge is 0.280 e. The van der Waals surface area contributed by atoms with E-state index < -0.39 is 11.6 Å². The van der Waals surface area contributed by atoms with Crippen molar-refractivity contribution in [2.24, 2.45) is 0 Å². The average Bonchev–Trinajstić information content (AvgIpc) is 3.38. The van der Waals surface area contributed by atoms with Gasteiger partial charge in [0.1, 0.15) is 11.3 Å². The fourth-order valence-electron chi connectivity index (χ4n) is 3.51. The maximum atomic E-state index is 14.2. The lowest BCUT2D eigenvalue weighted by Crippen LogP contribution is -2.34. The minimum Gasteiger partial charge on any atom is -0.281 e. The van der Waals surface area contributed by atoms with Crippen LogP contribution in [0.5, 0.6) is 0 Å². The van der Waals surface area contributed by atoms with Gasteiger partial charge in [-0.3, -0.25) is 19.1 Å². The Morgan fingerprint density at radius 2 is 1.81 bits per heavy atom. The molecule has 0 N–H and O–H groups in total. The minimum atomic E-state index is -0.755. The highest BCUT2D eigenvalue weighted by atomic mass is 32.1. The molecular formula is C21H22F2N6OS. The van der Waals surface area contributed by atoms with Gasteiger partial charge in [0.2, 0.25) is 0 Å². The monoisotopic (exact) mass is 444 g/mol. The molecule has 0 spiro atoms. The SMILES string of the molecule is CCn1nc(C(=O)N(CCn2nc(C)cc2C)c2nc3c(F)cc(F)cc3s2)cc1C. The summed E-state index contributed by atoms with van der Waals surface area (Å²) in [5.74, 6) is -1.79. The fraction of sp³-hybridized carbons (Fsp3) is 0.333. The van der Waals surface area contributed by atoms with Crippen LogP contribution >= 0.6 is 11.3 Å². The summed E-state index contributed by atoms with van der Waals surface area (Å²) in [4.78, 5) is 19.2. The van der Waals surface area contributed by atoms with Gasteiger partial charge in [-0.05, 0) is 45.9 Å². The largest absolute Gasteiger partial charge is 0.281 e. The molecule has 10 heteroatoms. The lowest BCUT2D eigenvalue weighted by molar-refractivity contribution is 0.0980. The molecule has 7 nitrogen and oxygen atoms in total. The van der Waals surface area contributed by atoms with Crippen LogP contribution in [0.2, 0.25) is 0 Å². The predicted octanol–water partition coefficient (Wildman–Crippen LogP) is 4.26. The number of halogens is 2. The van der Waals surface area contributed by atoms with E-state index in [-0.39, 0.29) is 28.8 Å². The second-order valence-corrected chi connectivity index (χ2v) is 8.33. The molecule has 0 unspecified atom stereocenters. The zero-order valence-electron chi connectivity index (χ0n) is 17.7. The van der Waals surface area contributed by atoms with Gasteiger partial charge in [-0.2, -0.15) is 10.2 Å². The highest BCUT2D eigenvalue weighted by molar-refractivity contribution is 7.22. The van der Waals surface area contributed by atoms with Gasteiger partial charge in [-0.1, -0.05) is 11.3 Å². The molecule has 31 heavy (non-hydrogen) atoms. The van der Waals surface area contributed by atoms with E-state index in [9.17, 15) is 13.6 Å². The Hall–Kier alpha value is -3.14. The number of benzene rings is 1. The quantitative estimate of drug-likeness (QED) is 0.446. The number of hydrogen-bond donors (Lipinski definition) is 0. The molecule has 0 bridgehead atoms. The molecule has 4 aromatic rings. The summed E-state index contributed by atoms with van der Waals surface area (Å²) < 4.78 is 31.8. The third kappa shape index (κ3) is 4.07. The Morgan fingerprint density at radius 1 is 1.06 bits per heavy atom. The van der Waals surface area contributed by atoms with E-state index in [4.69, 9.17) is 0 Å². The normalized spacial score (nSPS) is 11.4. The van der Waals surface area contributed by atoms with E-state index >= 15 is 0 Å². The summed E-state index contributed by atoms with van der Waals surface area (Å²) in [5.41, 5.74) is 3.03. The number of anilines is 1. The molecule has 3 heterocycles. The van der Waals surface area contributed by atoms with Crippen LogP contribution in [0.4, 0.5) is 13.9 Å². The zero-order valence-corrected chi connectivity index (χ0v) is 18.5. The summed E-state index contributed by atoms with van der Waals surface area (Å²) in [6, 6.07) is 5.68. The molecule has 0 saturated heterocycles. The molecule has 0 aliphatic heterocycles. The Kier molecular flexibility index (Phi) is 5.57. The van der Waals surface area contributed by atoms with Crippen molar-refractivity contribution in [1.82, 2.24) is 24.5 Å². The number of thiazole rings is 1. The second kappa shape index (κ2) is 8.18. The van der Waals surface area contributed by atoms with Gasteiger partial charge in [0, 0.05) is 30.5 Å².